The molecule has 0 unspecified atom stereocenters. The van der Waals surface area contributed by atoms with Gasteiger partial charge in [-0.25, -0.2) is 13.9 Å². The number of piperidine rings is 1. The standard InChI is InChI=1S/C27H35FN6O4/c1-17-12-18-15-29-34(24-14-23(30-25(31-24)36-5)32-8-10-37-11-9-32)22(18)13-20(17)19-6-7-33(16-21(19)28)26(35)38-27(2,3)4/h12-15,19,21H,6-11,16H2,1-5H3/t19-,21-/m1/s1. The number of benzene rings is 1. The summed E-state index contributed by atoms with van der Waals surface area (Å²) in [5, 5.41) is 5.54. The SMILES string of the molecule is COc1nc(N2CCOCC2)cc(-n2ncc3cc(C)c([C@H]4CCN(C(=O)OC(C)(C)C)C[C@H]4F)cc32)n1. The number of nitrogens with zero attached hydrogens (tertiary/aromatic N) is 6. The number of carbonyl (C=O) groups is 1. The summed E-state index contributed by atoms with van der Waals surface area (Å²) in [7, 11) is 1.54. The first kappa shape index (κ1) is 26.1. The van der Waals surface area contributed by atoms with Gasteiger partial charge in [0.25, 0.3) is 0 Å². The molecule has 2 aromatic heterocycles. The number of amides is 1. The van der Waals surface area contributed by atoms with Gasteiger partial charge in [-0.15, -0.1) is 0 Å². The van der Waals surface area contributed by atoms with Crippen LogP contribution in [0.25, 0.3) is 16.7 Å². The van der Waals surface area contributed by atoms with Crippen LogP contribution in [0.2, 0.25) is 0 Å². The molecule has 1 amide bonds. The highest BCUT2D eigenvalue weighted by Crippen LogP contribution is 2.35. The Morgan fingerprint density at radius 1 is 1.11 bits per heavy atom. The molecule has 2 atom stereocenters. The van der Waals surface area contributed by atoms with Crippen LogP contribution in [0.1, 0.15) is 44.2 Å². The van der Waals surface area contributed by atoms with Gasteiger partial charge in [-0.1, -0.05) is 0 Å². The summed E-state index contributed by atoms with van der Waals surface area (Å²) in [4.78, 5) is 25.2. The minimum absolute atomic E-state index is 0.00232. The largest absolute Gasteiger partial charge is 0.467 e. The number of halogens is 1. The highest BCUT2D eigenvalue weighted by atomic mass is 19.1. The van der Waals surface area contributed by atoms with E-state index < -0.39 is 17.9 Å². The Bertz CT molecular complexity index is 1320. The fourth-order valence-corrected chi connectivity index (χ4v) is 5.09. The van der Waals surface area contributed by atoms with E-state index in [0.717, 1.165) is 40.9 Å². The Kier molecular flexibility index (Phi) is 7.13. The Morgan fingerprint density at radius 3 is 2.53 bits per heavy atom. The number of aromatic nitrogens is 4. The van der Waals surface area contributed by atoms with Crippen molar-refractivity contribution in [3.05, 3.63) is 35.5 Å². The number of morpholine rings is 1. The van der Waals surface area contributed by atoms with Crippen LogP contribution < -0.4 is 9.64 Å². The van der Waals surface area contributed by atoms with E-state index in [-0.39, 0.29) is 18.5 Å². The lowest BCUT2D eigenvalue weighted by molar-refractivity contribution is 0.0111. The predicted octanol–water partition coefficient (Wildman–Crippen LogP) is 4.03. The summed E-state index contributed by atoms with van der Waals surface area (Å²) < 4.78 is 33.6. The Labute approximate surface area is 221 Å². The van der Waals surface area contributed by atoms with E-state index in [4.69, 9.17) is 14.2 Å². The highest BCUT2D eigenvalue weighted by molar-refractivity contribution is 5.82. The zero-order valence-corrected chi connectivity index (χ0v) is 22.6. The van der Waals surface area contributed by atoms with Gasteiger partial charge in [0.2, 0.25) is 0 Å². The maximum absolute atomic E-state index is 15.5. The molecule has 5 rings (SSSR count). The number of likely N-dealkylation sites (tertiary alicyclic amines) is 1. The summed E-state index contributed by atoms with van der Waals surface area (Å²) in [6.45, 7) is 10.6. The van der Waals surface area contributed by atoms with Gasteiger partial charge < -0.3 is 24.0 Å². The Balaban J connectivity index is 1.45. The fourth-order valence-electron chi connectivity index (χ4n) is 5.09. The summed E-state index contributed by atoms with van der Waals surface area (Å²) >= 11 is 0. The van der Waals surface area contributed by atoms with Crippen molar-refractivity contribution in [2.45, 2.75) is 51.8 Å². The molecule has 1 aromatic carbocycles. The molecule has 0 spiro atoms. The van der Waals surface area contributed by atoms with Gasteiger partial charge in [0.05, 0.1) is 38.6 Å². The number of hydrogen-bond donors (Lipinski definition) is 0. The highest BCUT2D eigenvalue weighted by Gasteiger charge is 2.35. The van der Waals surface area contributed by atoms with E-state index in [2.05, 4.69) is 20.0 Å². The second-order valence-corrected chi connectivity index (χ2v) is 10.8. The first-order chi connectivity index (χ1) is 18.1. The zero-order chi connectivity index (χ0) is 27.0. The van der Waals surface area contributed by atoms with Crippen LogP contribution in [0, 0.1) is 6.92 Å². The molecule has 3 aromatic rings. The molecule has 0 N–H and O–H groups in total. The number of anilines is 1. The molecule has 11 heteroatoms. The maximum atomic E-state index is 15.5. The molecule has 38 heavy (non-hydrogen) atoms. The van der Waals surface area contributed by atoms with Crippen molar-refractivity contribution in [2.75, 3.05) is 51.4 Å². The number of methoxy groups -OCH3 is 1. The Hall–Kier alpha value is -3.47. The molecule has 2 aliphatic heterocycles. The smallest absolute Gasteiger partial charge is 0.410 e. The lowest BCUT2D eigenvalue weighted by atomic mass is 9.85. The van der Waals surface area contributed by atoms with Crippen molar-refractivity contribution < 1.29 is 23.4 Å². The van der Waals surface area contributed by atoms with E-state index >= 15 is 4.39 Å². The van der Waals surface area contributed by atoms with Crippen molar-refractivity contribution in [1.29, 1.82) is 0 Å². The van der Waals surface area contributed by atoms with Crippen LogP contribution in [0.5, 0.6) is 6.01 Å². The third kappa shape index (κ3) is 5.38. The van der Waals surface area contributed by atoms with Gasteiger partial charge >= 0.3 is 12.1 Å². The van der Waals surface area contributed by atoms with Crippen molar-refractivity contribution in [3.8, 4) is 11.8 Å². The normalized spacial score (nSPS) is 20.6. The zero-order valence-electron chi connectivity index (χ0n) is 22.6. The maximum Gasteiger partial charge on any atom is 0.410 e. The molecule has 10 nitrogen and oxygen atoms in total. The second-order valence-electron chi connectivity index (χ2n) is 10.8. The fraction of sp³-hybridized carbons (Fsp3) is 0.556. The van der Waals surface area contributed by atoms with Crippen molar-refractivity contribution >= 4 is 22.8 Å². The molecular weight excluding hydrogens is 491 g/mol. The van der Waals surface area contributed by atoms with Crippen LogP contribution in [0.15, 0.2) is 24.4 Å². The number of rotatable bonds is 4. The van der Waals surface area contributed by atoms with Crippen molar-refractivity contribution in [3.63, 3.8) is 0 Å². The number of ether oxygens (including phenoxy) is 3. The molecule has 2 fully saturated rings. The van der Waals surface area contributed by atoms with Crippen molar-refractivity contribution in [1.82, 2.24) is 24.6 Å². The quantitative estimate of drug-likeness (QED) is 0.503. The van der Waals surface area contributed by atoms with Gasteiger partial charge in [0, 0.05) is 37.0 Å². The minimum Gasteiger partial charge on any atom is -0.467 e. The lowest BCUT2D eigenvalue weighted by Gasteiger charge is -2.36. The topological polar surface area (TPSA) is 94.8 Å². The molecule has 0 radical (unpaired) electrons. The molecule has 0 aliphatic carbocycles. The number of fused-ring (bicyclic) bond motifs is 1. The summed E-state index contributed by atoms with van der Waals surface area (Å²) in [6, 6.07) is 6.17. The molecule has 0 saturated carbocycles. The van der Waals surface area contributed by atoms with E-state index in [1.807, 2.05) is 45.9 Å². The van der Waals surface area contributed by atoms with Gasteiger partial charge in [0.15, 0.2) is 5.82 Å². The predicted molar refractivity (Wildman–Crippen MR) is 141 cm³/mol. The third-order valence-electron chi connectivity index (χ3n) is 6.96. The number of hydrogen-bond acceptors (Lipinski definition) is 8. The second kappa shape index (κ2) is 10.4. The number of alkyl halides is 1. The van der Waals surface area contributed by atoms with E-state index in [1.165, 1.54) is 12.0 Å². The average Bonchev–Trinajstić information content (AvgIpc) is 3.30. The molecule has 0 bridgehead atoms. The van der Waals surface area contributed by atoms with Crippen LogP contribution in [0.3, 0.4) is 0 Å². The van der Waals surface area contributed by atoms with Crippen LogP contribution >= 0.6 is 0 Å². The monoisotopic (exact) mass is 526 g/mol. The van der Waals surface area contributed by atoms with Crippen LogP contribution in [-0.2, 0) is 9.47 Å². The van der Waals surface area contributed by atoms with Gasteiger partial charge in [-0.2, -0.15) is 15.1 Å². The van der Waals surface area contributed by atoms with Crippen molar-refractivity contribution in [2.24, 2.45) is 0 Å². The number of carbonyl (C=O) groups excluding carboxylic acids is 1. The molecular formula is C27H35FN6O4. The first-order valence-electron chi connectivity index (χ1n) is 13.0. The molecule has 2 aliphatic rings. The summed E-state index contributed by atoms with van der Waals surface area (Å²) in [5.74, 6) is 0.967. The van der Waals surface area contributed by atoms with Crippen LogP contribution in [0.4, 0.5) is 15.0 Å². The van der Waals surface area contributed by atoms with E-state index in [0.29, 0.717) is 32.0 Å². The molecule has 4 heterocycles. The first-order valence-corrected chi connectivity index (χ1v) is 13.0. The van der Waals surface area contributed by atoms with E-state index in [9.17, 15) is 4.79 Å². The van der Waals surface area contributed by atoms with Gasteiger partial charge in [0.1, 0.15) is 17.6 Å². The van der Waals surface area contributed by atoms with Crippen LogP contribution in [-0.4, -0.2) is 89.0 Å². The molecule has 204 valence electrons. The van der Waals surface area contributed by atoms with Gasteiger partial charge in [-0.3, -0.25) is 0 Å². The Morgan fingerprint density at radius 2 is 1.84 bits per heavy atom. The average molecular weight is 527 g/mol. The third-order valence-corrected chi connectivity index (χ3v) is 6.96. The van der Waals surface area contributed by atoms with E-state index in [1.54, 1.807) is 10.9 Å². The summed E-state index contributed by atoms with van der Waals surface area (Å²) in [5.41, 5.74) is 2.10. The number of aryl methyl sites for hydroxylation is 1. The molecule has 2 saturated heterocycles. The lowest BCUT2D eigenvalue weighted by Crippen LogP contribution is -2.46. The summed E-state index contributed by atoms with van der Waals surface area (Å²) in [6.07, 6.45) is 0.602. The van der Waals surface area contributed by atoms with Gasteiger partial charge in [-0.05, 0) is 57.4 Å². The minimum atomic E-state index is -1.21.